The minimum atomic E-state index is 0.920. The van der Waals surface area contributed by atoms with Crippen LogP contribution in [0.3, 0.4) is 0 Å². The Morgan fingerprint density at radius 3 is 1.70 bits per heavy atom. The molecule has 0 unspecified atom stereocenters. The van der Waals surface area contributed by atoms with Crippen LogP contribution in [-0.2, 0) is 0 Å². The molecule has 0 fully saturated rings. The van der Waals surface area contributed by atoms with E-state index in [4.69, 9.17) is 4.42 Å². The first-order chi connectivity index (χ1) is 19.8. The third-order valence-corrected chi connectivity index (χ3v) is 9.02. The second-order valence-corrected chi connectivity index (χ2v) is 11.1. The van der Waals surface area contributed by atoms with E-state index in [0.717, 1.165) is 21.9 Å². The molecular formula is C38H24OS. The third-order valence-electron chi connectivity index (χ3n) is 7.72. The standard InChI is InChI=1S/C38H24OS/c1-3-11-25(12-4-1)33-23-27(28-20-22-36-34(24-28)29-15-9-10-18-35(29)39-36)19-21-32(33)38-31-17-8-7-16-30(31)37(40-38)26-13-5-2-6-14-26/h1-24H. The van der Waals surface area contributed by atoms with Crippen molar-refractivity contribution >= 4 is 44.0 Å². The summed E-state index contributed by atoms with van der Waals surface area (Å²) in [6.45, 7) is 0. The predicted molar refractivity (Wildman–Crippen MR) is 171 cm³/mol. The van der Waals surface area contributed by atoms with Gasteiger partial charge in [-0.3, -0.25) is 0 Å². The number of fused-ring (bicyclic) bond motifs is 4. The number of furan rings is 1. The molecule has 6 aromatic carbocycles. The highest BCUT2D eigenvalue weighted by Gasteiger charge is 2.18. The van der Waals surface area contributed by atoms with Crippen molar-refractivity contribution in [3.63, 3.8) is 0 Å². The van der Waals surface area contributed by atoms with Crippen LogP contribution in [0, 0.1) is 0 Å². The summed E-state index contributed by atoms with van der Waals surface area (Å²) in [5.74, 6) is 0. The van der Waals surface area contributed by atoms with E-state index in [-0.39, 0.29) is 0 Å². The van der Waals surface area contributed by atoms with Crippen LogP contribution in [-0.4, -0.2) is 0 Å². The summed E-state index contributed by atoms with van der Waals surface area (Å²) in [6.07, 6.45) is 0. The van der Waals surface area contributed by atoms with E-state index in [0.29, 0.717) is 0 Å². The molecule has 0 aliphatic carbocycles. The minimum absolute atomic E-state index is 0.920. The van der Waals surface area contributed by atoms with Crippen molar-refractivity contribution in [2.45, 2.75) is 0 Å². The van der Waals surface area contributed by atoms with E-state index < -0.39 is 0 Å². The van der Waals surface area contributed by atoms with Crippen molar-refractivity contribution in [3.05, 3.63) is 146 Å². The molecule has 0 aliphatic rings. The maximum atomic E-state index is 6.09. The van der Waals surface area contributed by atoms with Gasteiger partial charge in [-0.2, -0.15) is 0 Å². The van der Waals surface area contributed by atoms with E-state index in [9.17, 15) is 0 Å². The smallest absolute Gasteiger partial charge is 0.135 e. The lowest BCUT2D eigenvalue weighted by molar-refractivity contribution is 0.669. The first-order valence-electron chi connectivity index (χ1n) is 13.5. The molecule has 0 amide bonds. The molecule has 0 bridgehead atoms. The van der Waals surface area contributed by atoms with Crippen molar-refractivity contribution in [2.24, 2.45) is 0 Å². The van der Waals surface area contributed by atoms with Gasteiger partial charge in [-0.25, -0.2) is 0 Å². The largest absolute Gasteiger partial charge is 0.456 e. The Kier molecular flexibility index (Phi) is 5.39. The molecule has 0 aliphatic heterocycles. The molecule has 0 atom stereocenters. The van der Waals surface area contributed by atoms with Crippen LogP contribution in [0.15, 0.2) is 150 Å². The van der Waals surface area contributed by atoms with Gasteiger partial charge in [-0.1, -0.05) is 121 Å². The molecule has 2 heteroatoms. The summed E-state index contributed by atoms with van der Waals surface area (Å²) in [7, 11) is 0. The maximum Gasteiger partial charge on any atom is 0.135 e. The normalized spacial score (nSPS) is 11.5. The lowest BCUT2D eigenvalue weighted by Gasteiger charge is -2.13. The van der Waals surface area contributed by atoms with Crippen molar-refractivity contribution in [3.8, 4) is 43.1 Å². The molecule has 8 aromatic rings. The molecule has 2 heterocycles. The molecule has 0 saturated heterocycles. The predicted octanol–water partition coefficient (Wildman–Crippen LogP) is 11.5. The number of rotatable bonds is 4. The highest BCUT2D eigenvalue weighted by Crippen LogP contribution is 2.47. The number of para-hydroxylation sites is 1. The second kappa shape index (κ2) is 9.37. The molecule has 0 N–H and O–H groups in total. The molecule has 2 aromatic heterocycles. The van der Waals surface area contributed by atoms with Crippen molar-refractivity contribution in [1.29, 1.82) is 0 Å². The minimum Gasteiger partial charge on any atom is -0.456 e. The number of hydrogen-bond acceptors (Lipinski definition) is 2. The molecule has 1 nitrogen and oxygen atoms in total. The van der Waals surface area contributed by atoms with Gasteiger partial charge in [0, 0.05) is 36.9 Å². The Bertz CT molecular complexity index is 2150. The Hall–Kier alpha value is -4.92. The fraction of sp³-hybridized carbons (Fsp3) is 0. The van der Waals surface area contributed by atoms with Crippen molar-refractivity contribution in [2.75, 3.05) is 0 Å². The van der Waals surface area contributed by atoms with Crippen LogP contribution in [0.5, 0.6) is 0 Å². The Labute approximate surface area is 236 Å². The summed E-state index contributed by atoms with van der Waals surface area (Å²) >= 11 is 1.88. The number of hydrogen-bond donors (Lipinski definition) is 0. The molecule has 0 spiro atoms. The van der Waals surface area contributed by atoms with Gasteiger partial charge in [0.25, 0.3) is 0 Å². The molecule has 8 rings (SSSR count). The van der Waals surface area contributed by atoms with E-state index in [1.54, 1.807) is 0 Å². The fourth-order valence-corrected chi connectivity index (χ4v) is 7.10. The quantitative estimate of drug-likeness (QED) is 0.221. The zero-order valence-electron chi connectivity index (χ0n) is 21.7. The van der Waals surface area contributed by atoms with E-state index in [2.05, 4.69) is 133 Å². The van der Waals surface area contributed by atoms with Crippen LogP contribution in [0.2, 0.25) is 0 Å². The molecule has 40 heavy (non-hydrogen) atoms. The summed E-state index contributed by atoms with van der Waals surface area (Å²) in [5.41, 5.74) is 9.19. The van der Waals surface area contributed by atoms with E-state index in [1.165, 1.54) is 53.9 Å². The molecular weight excluding hydrogens is 504 g/mol. The lowest BCUT2D eigenvalue weighted by Crippen LogP contribution is -1.87. The topological polar surface area (TPSA) is 13.1 Å². The van der Waals surface area contributed by atoms with Gasteiger partial charge in [-0.05, 0) is 52.1 Å². The Morgan fingerprint density at radius 1 is 0.350 bits per heavy atom. The Balaban J connectivity index is 1.35. The summed E-state index contributed by atoms with van der Waals surface area (Å²) < 4.78 is 6.09. The van der Waals surface area contributed by atoms with E-state index >= 15 is 0 Å². The summed E-state index contributed by atoms with van der Waals surface area (Å²) in [4.78, 5) is 2.61. The van der Waals surface area contributed by atoms with Gasteiger partial charge >= 0.3 is 0 Å². The average Bonchev–Trinajstić information content (AvgIpc) is 3.60. The highest BCUT2D eigenvalue weighted by atomic mass is 32.1. The zero-order valence-corrected chi connectivity index (χ0v) is 22.5. The van der Waals surface area contributed by atoms with Gasteiger partial charge in [0.1, 0.15) is 11.2 Å². The van der Waals surface area contributed by atoms with Gasteiger partial charge in [0.05, 0.1) is 0 Å². The van der Waals surface area contributed by atoms with Crippen molar-refractivity contribution in [1.82, 2.24) is 0 Å². The number of thiophene rings is 1. The van der Waals surface area contributed by atoms with E-state index in [1.807, 2.05) is 23.5 Å². The Morgan fingerprint density at radius 2 is 0.925 bits per heavy atom. The first kappa shape index (κ1) is 23.0. The SMILES string of the molecule is c1ccc(-c2cc(-c3ccc4oc5ccccc5c4c3)ccc2-c2sc(-c3ccccc3)c3ccccc23)cc1. The van der Waals surface area contributed by atoms with Gasteiger partial charge in [0.2, 0.25) is 0 Å². The van der Waals surface area contributed by atoms with Crippen LogP contribution in [0.25, 0.3) is 75.8 Å². The fourth-order valence-electron chi connectivity index (χ4n) is 5.78. The lowest BCUT2D eigenvalue weighted by atomic mass is 9.92. The van der Waals surface area contributed by atoms with Crippen LogP contribution >= 0.6 is 11.3 Å². The van der Waals surface area contributed by atoms with Crippen LogP contribution < -0.4 is 0 Å². The van der Waals surface area contributed by atoms with Gasteiger partial charge < -0.3 is 4.42 Å². The monoisotopic (exact) mass is 528 g/mol. The van der Waals surface area contributed by atoms with Crippen molar-refractivity contribution < 1.29 is 4.42 Å². The second-order valence-electron chi connectivity index (χ2n) is 10.1. The molecule has 0 radical (unpaired) electrons. The first-order valence-corrected chi connectivity index (χ1v) is 14.3. The molecule has 0 saturated carbocycles. The van der Waals surface area contributed by atoms with Gasteiger partial charge in [0.15, 0.2) is 0 Å². The average molecular weight is 529 g/mol. The van der Waals surface area contributed by atoms with Crippen LogP contribution in [0.1, 0.15) is 0 Å². The zero-order chi connectivity index (χ0) is 26.5. The summed E-state index contributed by atoms with van der Waals surface area (Å²) in [6, 6.07) is 52.0. The number of benzene rings is 6. The molecule has 188 valence electrons. The third kappa shape index (κ3) is 3.77. The van der Waals surface area contributed by atoms with Crippen LogP contribution in [0.4, 0.5) is 0 Å². The van der Waals surface area contributed by atoms with Gasteiger partial charge in [-0.15, -0.1) is 11.3 Å². The maximum absolute atomic E-state index is 6.09. The highest BCUT2D eigenvalue weighted by molar-refractivity contribution is 7.21. The summed E-state index contributed by atoms with van der Waals surface area (Å²) in [5, 5.41) is 4.89.